The summed E-state index contributed by atoms with van der Waals surface area (Å²) in [5.41, 5.74) is 3.62. The van der Waals surface area contributed by atoms with Gasteiger partial charge in [-0.3, -0.25) is 0 Å². The minimum absolute atomic E-state index is 0.0957. The number of unbranched alkanes of at least 4 members (excludes halogenated alkanes) is 2. The zero-order valence-corrected chi connectivity index (χ0v) is 19.4. The predicted octanol–water partition coefficient (Wildman–Crippen LogP) is 5.95. The Morgan fingerprint density at radius 1 is 0.900 bits per heavy atom. The molecule has 1 fully saturated rings. The fourth-order valence-corrected chi connectivity index (χ4v) is 5.82. The van der Waals surface area contributed by atoms with E-state index in [2.05, 4.69) is 36.5 Å². The van der Waals surface area contributed by atoms with Gasteiger partial charge in [0.1, 0.15) is 0 Å². The molecule has 1 saturated carbocycles. The van der Waals surface area contributed by atoms with Crippen LogP contribution in [0.3, 0.4) is 0 Å². The van der Waals surface area contributed by atoms with Crippen LogP contribution in [-0.4, -0.2) is 20.7 Å². The van der Waals surface area contributed by atoms with Crippen LogP contribution < -0.4 is 5.32 Å². The van der Waals surface area contributed by atoms with Crippen molar-refractivity contribution in [3.63, 3.8) is 0 Å². The summed E-state index contributed by atoms with van der Waals surface area (Å²) in [4.78, 5) is 0.419. The van der Waals surface area contributed by atoms with Crippen molar-refractivity contribution in [1.29, 1.82) is 0 Å². The van der Waals surface area contributed by atoms with E-state index in [0.29, 0.717) is 11.3 Å². The van der Waals surface area contributed by atoms with E-state index in [1.165, 1.54) is 56.9 Å². The van der Waals surface area contributed by atoms with Gasteiger partial charge in [-0.25, -0.2) is 8.42 Å². The third-order valence-corrected chi connectivity index (χ3v) is 8.23. The topological polar surface area (TPSA) is 46.2 Å². The lowest BCUT2D eigenvalue weighted by atomic mass is 9.76. The average molecular weight is 428 g/mol. The molecule has 2 aromatic carbocycles. The number of rotatable bonds is 10. The van der Waals surface area contributed by atoms with Gasteiger partial charge in [0.2, 0.25) is 0 Å². The van der Waals surface area contributed by atoms with Crippen molar-refractivity contribution in [2.24, 2.45) is 0 Å². The highest BCUT2D eigenvalue weighted by Gasteiger charge is 2.33. The fourth-order valence-electron chi connectivity index (χ4n) is 4.53. The first-order chi connectivity index (χ1) is 14.5. The summed E-state index contributed by atoms with van der Waals surface area (Å²) in [6.45, 7) is 5.29. The second kappa shape index (κ2) is 10.6. The summed E-state index contributed by atoms with van der Waals surface area (Å²) in [6, 6.07) is 15.9. The molecule has 0 atom stereocenters. The average Bonchev–Trinajstić information content (AvgIpc) is 2.77. The normalized spacial score (nSPS) is 16.5. The van der Waals surface area contributed by atoms with Crippen molar-refractivity contribution < 1.29 is 8.42 Å². The van der Waals surface area contributed by atoms with E-state index in [-0.39, 0.29) is 11.3 Å². The van der Waals surface area contributed by atoms with Gasteiger partial charge < -0.3 is 5.32 Å². The molecule has 4 heteroatoms. The van der Waals surface area contributed by atoms with E-state index < -0.39 is 9.84 Å². The molecule has 0 unspecified atom stereocenters. The van der Waals surface area contributed by atoms with Crippen molar-refractivity contribution in [1.82, 2.24) is 5.32 Å². The van der Waals surface area contributed by atoms with Crippen molar-refractivity contribution in [2.75, 3.05) is 12.3 Å². The Kier molecular flexibility index (Phi) is 8.13. The molecule has 3 rings (SSSR count). The summed E-state index contributed by atoms with van der Waals surface area (Å²) >= 11 is 0. The molecular weight excluding hydrogens is 390 g/mol. The molecule has 0 aromatic heterocycles. The number of aryl methyl sites for hydroxylation is 2. The summed E-state index contributed by atoms with van der Waals surface area (Å²) in [5.74, 6) is 0.149. The van der Waals surface area contributed by atoms with E-state index in [1.807, 2.05) is 19.1 Å². The number of nitrogens with one attached hydrogen (secondary N) is 1. The highest BCUT2D eigenvalue weighted by atomic mass is 32.2. The van der Waals surface area contributed by atoms with Gasteiger partial charge in [0.05, 0.1) is 10.6 Å². The lowest BCUT2D eigenvalue weighted by molar-refractivity contribution is 0.232. The van der Waals surface area contributed by atoms with Gasteiger partial charge in [0.15, 0.2) is 9.84 Å². The second-order valence-electron chi connectivity index (χ2n) is 8.86. The van der Waals surface area contributed by atoms with Crippen LogP contribution in [0.1, 0.15) is 75.0 Å². The highest BCUT2D eigenvalue weighted by Crippen LogP contribution is 2.37. The zero-order chi connectivity index (χ0) is 21.5. The molecule has 1 N–H and O–H groups in total. The van der Waals surface area contributed by atoms with Crippen LogP contribution in [-0.2, 0) is 21.8 Å². The Labute approximate surface area is 183 Å². The Morgan fingerprint density at radius 2 is 1.57 bits per heavy atom. The zero-order valence-electron chi connectivity index (χ0n) is 18.6. The second-order valence-corrected chi connectivity index (χ2v) is 11.0. The number of sulfone groups is 1. The first-order valence-corrected chi connectivity index (χ1v) is 13.2. The highest BCUT2D eigenvalue weighted by molar-refractivity contribution is 7.91. The number of hydrogen-bond donors (Lipinski definition) is 1. The van der Waals surface area contributed by atoms with Crippen LogP contribution in [0.15, 0.2) is 53.4 Å². The van der Waals surface area contributed by atoms with E-state index in [9.17, 15) is 8.42 Å². The molecule has 0 amide bonds. The Morgan fingerprint density at radius 3 is 2.20 bits per heavy atom. The Hall–Kier alpha value is -1.65. The van der Waals surface area contributed by atoms with Gasteiger partial charge in [-0.2, -0.15) is 0 Å². The lowest BCUT2D eigenvalue weighted by Gasteiger charge is -2.39. The summed E-state index contributed by atoms with van der Waals surface area (Å²) in [7, 11) is -3.25. The molecule has 164 valence electrons. The molecule has 0 radical (unpaired) electrons. The molecule has 1 aliphatic carbocycles. The SMILES string of the molecule is CCCCCNC1(c2ccc(CCS(=O)(=O)c3ccc(C)cc3)cc2)CCCCC1. The maximum Gasteiger partial charge on any atom is 0.178 e. The van der Waals surface area contributed by atoms with Gasteiger partial charge in [-0.15, -0.1) is 0 Å². The minimum atomic E-state index is -3.25. The standard InChI is InChI=1S/C26H37NO2S/c1-3-4-8-20-27-26(18-6-5-7-19-26)24-13-11-23(12-14-24)17-21-30(28,29)25-15-9-22(2)10-16-25/h9-16,27H,3-8,17-21H2,1-2H3. The van der Waals surface area contributed by atoms with Crippen LogP contribution in [0.2, 0.25) is 0 Å². The molecule has 0 aliphatic heterocycles. The lowest BCUT2D eigenvalue weighted by Crippen LogP contribution is -2.44. The summed E-state index contributed by atoms with van der Waals surface area (Å²) in [6.07, 6.45) is 10.6. The van der Waals surface area contributed by atoms with Crippen LogP contribution in [0.5, 0.6) is 0 Å². The van der Waals surface area contributed by atoms with Gasteiger partial charge in [0, 0.05) is 5.54 Å². The number of benzene rings is 2. The first-order valence-electron chi connectivity index (χ1n) is 11.6. The molecule has 2 aromatic rings. The van der Waals surface area contributed by atoms with Crippen molar-refractivity contribution in [3.8, 4) is 0 Å². The van der Waals surface area contributed by atoms with Crippen LogP contribution in [0, 0.1) is 6.92 Å². The molecule has 1 aliphatic rings. The molecule has 30 heavy (non-hydrogen) atoms. The largest absolute Gasteiger partial charge is 0.307 e. The van der Waals surface area contributed by atoms with Gasteiger partial charge >= 0.3 is 0 Å². The molecule has 3 nitrogen and oxygen atoms in total. The van der Waals surface area contributed by atoms with Crippen molar-refractivity contribution in [2.45, 2.75) is 82.1 Å². The minimum Gasteiger partial charge on any atom is -0.307 e. The van der Waals surface area contributed by atoms with Gasteiger partial charge in [0.25, 0.3) is 0 Å². The third-order valence-electron chi connectivity index (χ3n) is 6.50. The number of hydrogen-bond acceptors (Lipinski definition) is 3. The maximum atomic E-state index is 12.6. The summed E-state index contributed by atoms with van der Waals surface area (Å²) < 4.78 is 25.3. The third kappa shape index (κ3) is 5.95. The summed E-state index contributed by atoms with van der Waals surface area (Å²) in [5, 5.41) is 3.89. The van der Waals surface area contributed by atoms with Crippen molar-refractivity contribution >= 4 is 9.84 Å². The predicted molar refractivity (Wildman–Crippen MR) is 126 cm³/mol. The molecule has 0 saturated heterocycles. The Balaban J connectivity index is 1.65. The molecule has 0 spiro atoms. The van der Waals surface area contributed by atoms with Crippen molar-refractivity contribution in [3.05, 3.63) is 65.2 Å². The monoisotopic (exact) mass is 427 g/mol. The maximum absolute atomic E-state index is 12.6. The van der Waals surface area contributed by atoms with Crippen LogP contribution >= 0.6 is 0 Å². The Bertz CT molecular complexity index is 880. The van der Waals surface area contributed by atoms with Crippen LogP contribution in [0.25, 0.3) is 0 Å². The smallest absolute Gasteiger partial charge is 0.178 e. The first kappa shape index (κ1) is 23.0. The van der Waals surface area contributed by atoms with Gasteiger partial charge in [-0.1, -0.05) is 81.0 Å². The van der Waals surface area contributed by atoms with E-state index in [1.54, 1.807) is 12.1 Å². The molecule has 0 heterocycles. The van der Waals surface area contributed by atoms with E-state index >= 15 is 0 Å². The van der Waals surface area contributed by atoms with Crippen LogP contribution in [0.4, 0.5) is 0 Å². The van der Waals surface area contributed by atoms with E-state index in [4.69, 9.17) is 0 Å². The molecule has 0 bridgehead atoms. The fraction of sp³-hybridized carbons (Fsp3) is 0.538. The van der Waals surface area contributed by atoms with Gasteiger partial charge in [-0.05, 0) is 62.4 Å². The van der Waals surface area contributed by atoms with E-state index in [0.717, 1.165) is 17.7 Å². The molecular formula is C26H37NO2S. The quantitative estimate of drug-likeness (QED) is 0.477.